The molecule has 3 aliphatic heterocycles. The lowest BCUT2D eigenvalue weighted by Gasteiger charge is -2.39. The van der Waals surface area contributed by atoms with Gasteiger partial charge >= 0.3 is 6.09 Å². The van der Waals surface area contributed by atoms with Crippen LogP contribution in [0.3, 0.4) is 0 Å². The zero-order chi connectivity index (χ0) is 33.1. The lowest BCUT2D eigenvalue weighted by molar-refractivity contribution is -0.174. The number of hydroxylamine groups is 2. The molecular formula is C36H43N9O4. The third-order valence-electron chi connectivity index (χ3n) is 8.63. The maximum absolute atomic E-state index is 12.4. The van der Waals surface area contributed by atoms with Crippen molar-refractivity contribution in [3.05, 3.63) is 120 Å². The number of imide groups is 1. The Kier molecular flexibility index (Phi) is 12.5. The molecule has 0 aliphatic carbocycles. The molecule has 3 saturated heterocycles. The van der Waals surface area contributed by atoms with E-state index >= 15 is 0 Å². The fourth-order valence-electron chi connectivity index (χ4n) is 6.28. The number of carbonyl (C=O) groups is 3. The molecule has 7 heterocycles. The SMILES string of the molecule is C.O=C(ON1C(=O)CCC1=O)N1CCN(C(c2cccnc2)c2cccnc2)CC1.c1cncc(C(c2cccnc2)N2CCNCC2)c1. The highest BCUT2D eigenvalue weighted by Gasteiger charge is 2.36. The minimum absolute atomic E-state index is 0. The van der Waals surface area contributed by atoms with Gasteiger partial charge in [-0.25, -0.2) is 4.79 Å². The van der Waals surface area contributed by atoms with Crippen LogP contribution < -0.4 is 5.32 Å². The van der Waals surface area contributed by atoms with Crippen LogP contribution in [-0.4, -0.2) is 110 Å². The van der Waals surface area contributed by atoms with Gasteiger partial charge in [0.05, 0.1) is 12.1 Å². The zero-order valence-electron chi connectivity index (χ0n) is 26.7. The number of rotatable bonds is 7. The predicted molar refractivity (Wildman–Crippen MR) is 183 cm³/mol. The standard InChI is InChI=1S/C20H21N5O4.C15H18N4.CH4/c26-17-5-6-18(27)25(17)29-20(28)24-11-9-23(10-12-24)19(15-3-1-7-21-13-15)16-4-2-8-22-14-16;1-3-13(11-17-5-1)15(14-4-2-6-18-12-14)19-9-7-16-8-10-19;/h1-4,7-8,13-14,19H,5-6,9-12H2;1-6,11-12,15-16H,7-10H2;1H4. The first-order valence-electron chi connectivity index (χ1n) is 16.2. The van der Waals surface area contributed by atoms with Gasteiger partial charge < -0.3 is 15.1 Å². The van der Waals surface area contributed by atoms with E-state index in [1.807, 2.05) is 73.6 Å². The molecular weight excluding hydrogens is 622 g/mol. The molecule has 4 aromatic rings. The third kappa shape index (κ3) is 8.87. The van der Waals surface area contributed by atoms with E-state index in [9.17, 15) is 14.4 Å². The fraction of sp³-hybridized carbons (Fsp3) is 0.361. The average molecular weight is 666 g/mol. The Morgan fingerprint density at radius 3 is 1.37 bits per heavy atom. The summed E-state index contributed by atoms with van der Waals surface area (Å²) in [4.78, 5) is 64.0. The molecule has 49 heavy (non-hydrogen) atoms. The second-order valence-electron chi connectivity index (χ2n) is 11.7. The van der Waals surface area contributed by atoms with Crippen LogP contribution in [0, 0.1) is 0 Å². The van der Waals surface area contributed by atoms with Gasteiger partial charge in [-0.15, -0.1) is 5.06 Å². The molecule has 256 valence electrons. The topological polar surface area (TPSA) is 137 Å². The highest BCUT2D eigenvalue weighted by Crippen LogP contribution is 2.29. The molecule has 0 radical (unpaired) electrons. The zero-order valence-corrected chi connectivity index (χ0v) is 26.7. The Bertz CT molecular complexity index is 1520. The highest BCUT2D eigenvalue weighted by atomic mass is 16.7. The molecule has 0 atom stereocenters. The Morgan fingerprint density at radius 1 is 0.612 bits per heavy atom. The molecule has 13 heteroatoms. The van der Waals surface area contributed by atoms with Crippen LogP contribution in [-0.2, 0) is 14.4 Å². The van der Waals surface area contributed by atoms with Gasteiger partial charge in [-0.05, 0) is 46.5 Å². The normalized spacial score (nSPS) is 17.0. The van der Waals surface area contributed by atoms with Crippen molar-refractivity contribution in [3.8, 4) is 0 Å². The van der Waals surface area contributed by atoms with E-state index in [0.29, 0.717) is 31.2 Å². The van der Waals surface area contributed by atoms with Crippen molar-refractivity contribution in [2.24, 2.45) is 0 Å². The van der Waals surface area contributed by atoms with Crippen molar-refractivity contribution in [3.63, 3.8) is 0 Å². The van der Waals surface area contributed by atoms with E-state index in [-0.39, 0.29) is 32.4 Å². The number of amides is 3. The van der Waals surface area contributed by atoms with Gasteiger partial charge in [0.1, 0.15) is 0 Å². The third-order valence-corrected chi connectivity index (χ3v) is 8.63. The average Bonchev–Trinajstić information content (AvgIpc) is 3.47. The molecule has 3 fully saturated rings. The number of carbonyl (C=O) groups excluding carboxylic acids is 3. The summed E-state index contributed by atoms with van der Waals surface area (Å²) in [7, 11) is 0. The first-order chi connectivity index (χ1) is 23.6. The Morgan fingerprint density at radius 2 is 1.00 bits per heavy atom. The summed E-state index contributed by atoms with van der Waals surface area (Å²) >= 11 is 0. The molecule has 0 spiro atoms. The van der Waals surface area contributed by atoms with Gasteiger partial charge in [-0.2, -0.15) is 0 Å². The van der Waals surface area contributed by atoms with Gasteiger partial charge in [0.25, 0.3) is 11.8 Å². The monoisotopic (exact) mass is 665 g/mol. The second-order valence-corrected chi connectivity index (χ2v) is 11.7. The van der Waals surface area contributed by atoms with Crippen molar-refractivity contribution in [1.82, 2.24) is 45.0 Å². The number of pyridine rings is 4. The van der Waals surface area contributed by atoms with Crippen LogP contribution in [0.1, 0.15) is 54.6 Å². The Hall–Kier alpha value is -5.11. The van der Waals surface area contributed by atoms with E-state index in [0.717, 1.165) is 37.3 Å². The van der Waals surface area contributed by atoms with Crippen molar-refractivity contribution < 1.29 is 19.2 Å². The van der Waals surface area contributed by atoms with Crippen LogP contribution in [0.5, 0.6) is 0 Å². The van der Waals surface area contributed by atoms with Gasteiger partial charge in [0, 0.05) is 115 Å². The van der Waals surface area contributed by atoms with Crippen LogP contribution >= 0.6 is 0 Å². The second kappa shape index (κ2) is 17.3. The minimum Gasteiger partial charge on any atom is -0.314 e. The van der Waals surface area contributed by atoms with E-state index in [1.54, 1.807) is 12.4 Å². The summed E-state index contributed by atoms with van der Waals surface area (Å²) in [6.07, 6.45) is 14.2. The van der Waals surface area contributed by atoms with Crippen LogP contribution in [0.2, 0.25) is 0 Å². The molecule has 0 unspecified atom stereocenters. The number of aromatic nitrogens is 4. The van der Waals surface area contributed by atoms with Crippen LogP contribution in [0.4, 0.5) is 4.79 Å². The summed E-state index contributed by atoms with van der Waals surface area (Å²) in [5.74, 6) is -0.953. The largest absolute Gasteiger partial charge is 0.434 e. The lowest BCUT2D eigenvalue weighted by atomic mass is 9.99. The molecule has 0 bridgehead atoms. The molecule has 4 aromatic heterocycles. The van der Waals surface area contributed by atoms with Crippen molar-refractivity contribution >= 4 is 17.9 Å². The van der Waals surface area contributed by atoms with Gasteiger partial charge in [-0.1, -0.05) is 31.7 Å². The first kappa shape index (κ1) is 35.2. The molecule has 0 aromatic carbocycles. The lowest BCUT2D eigenvalue weighted by Crippen LogP contribution is -2.51. The molecule has 3 aliphatic rings. The summed E-state index contributed by atoms with van der Waals surface area (Å²) < 4.78 is 0. The van der Waals surface area contributed by atoms with Crippen molar-refractivity contribution in [1.29, 1.82) is 0 Å². The number of nitrogens with zero attached hydrogens (tertiary/aromatic N) is 8. The van der Waals surface area contributed by atoms with E-state index < -0.39 is 17.9 Å². The van der Waals surface area contributed by atoms with Crippen molar-refractivity contribution in [2.75, 3.05) is 52.4 Å². The summed E-state index contributed by atoms with van der Waals surface area (Å²) in [6, 6.07) is 16.4. The molecule has 1 N–H and O–H groups in total. The molecule has 3 amide bonds. The minimum atomic E-state index is -0.674. The van der Waals surface area contributed by atoms with Crippen LogP contribution in [0.15, 0.2) is 98.1 Å². The summed E-state index contributed by atoms with van der Waals surface area (Å²) in [5.41, 5.74) is 4.56. The summed E-state index contributed by atoms with van der Waals surface area (Å²) in [6.45, 7) is 6.23. The van der Waals surface area contributed by atoms with Gasteiger partial charge in [0.15, 0.2) is 0 Å². The quantitative estimate of drug-likeness (QED) is 0.291. The first-order valence-corrected chi connectivity index (χ1v) is 16.2. The number of piperazine rings is 2. The fourth-order valence-corrected chi connectivity index (χ4v) is 6.28. The Balaban J connectivity index is 0.000000203. The molecule has 7 rings (SSSR count). The highest BCUT2D eigenvalue weighted by molar-refractivity contribution is 6.01. The van der Waals surface area contributed by atoms with Gasteiger partial charge in [0.2, 0.25) is 0 Å². The maximum Gasteiger partial charge on any atom is 0.434 e. The molecule has 0 saturated carbocycles. The van der Waals surface area contributed by atoms with E-state index in [1.165, 1.54) is 16.0 Å². The Labute approximate surface area is 286 Å². The number of hydrogen-bond donors (Lipinski definition) is 1. The van der Waals surface area contributed by atoms with Gasteiger partial charge in [-0.3, -0.25) is 39.3 Å². The van der Waals surface area contributed by atoms with E-state index in [2.05, 4.69) is 47.2 Å². The maximum atomic E-state index is 12.4. The number of nitrogens with one attached hydrogen (secondary N) is 1. The summed E-state index contributed by atoms with van der Waals surface area (Å²) in [5, 5.41) is 3.99. The smallest absolute Gasteiger partial charge is 0.314 e. The molecule has 13 nitrogen and oxygen atoms in total. The van der Waals surface area contributed by atoms with Crippen LogP contribution in [0.25, 0.3) is 0 Å². The predicted octanol–water partition coefficient (Wildman–Crippen LogP) is 3.49. The van der Waals surface area contributed by atoms with E-state index in [4.69, 9.17) is 4.84 Å². The van der Waals surface area contributed by atoms with Crippen molar-refractivity contribution in [2.45, 2.75) is 32.4 Å². The number of hydrogen-bond acceptors (Lipinski definition) is 11.